The number of hydrogen-bond acceptors (Lipinski definition) is 8. The van der Waals surface area contributed by atoms with Gasteiger partial charge in [0, 0.05) is 6.54 Å². The van der Waals surface area contributed by atoms with E-state index in [0.717, 1.165) is 5.56 Å². The van der Waals surface area contributed by atoms with Crippen LogP contribution in [0.4, 0.5) is 4.79 Å². The van der Waals surface area contributed by atoms with Gasteiger partial charge in [-0.05, 0) is 17.7 Å². The molecule has 1 N–H and O–H groups in total. The van der Waals surface area contributed by atoms with E-state index < -0.39 is 16.2 Å². The van der Waals surface area contributed by atoms with Crippen LogP contribution in [-0.4, -0.2) is 67.3 Å². The van der Waals surface area contributed by atoms with Gasteiger partial charge in [0.2, 0.25) is 0 Å². The van der Waals surface area contributed by atoms with Gasteiger partial charge < -0.3 is 24.3 Å². The van der Waals surface area contributed by atoms with Crippen molar-refractivity contribution in [3.8, 4) is 0 Å². The molecule has 0 aliphatic heterocycles. The van der Waals surface area contributed by atoms with Crippen LogP contribution in [0.25, 0.3) is 0 Å². The fourth-order valence-corrected chi connectivity index (χ4v) is 3.31. The highest BCUT2D eigenvalue weighted by Gasteiger charge is 2.13. The van der Waals surface area contributed by atoms with Crippen LogP contribution in [0.3, 0.4) is 0 Å². The van der Waals surface area contributed by atoms with Crippen LogP contribution in [0, 0.1) is 0 Å². The minimum atomic E-state index is -3.76. The molecule has 0 bridgehead atoms. The molecular weight excluding hydrogens is 438 g/mol. The van der Waals surface area contributed by atoms with Gasteiger partial charge in [-0.25, -0.2) is 4.79 Å². The first kappa shape index (κ1) is 25.8. The van der Waals surface area contributed by atoms with E-state index in [1.54, 1.807) is 18.2 Å². The Balaban J connectivity index is 1.35. The molecule has 0 aliphatic carbocycles. The zero-order valence-electron chi connectivity index (χ0n) is 17.8. The zero-order chi connectivity index (χ0) is 22.9. The summed E-state index contributed by atoms with van der Waals surface area (Å²) in [6.07, 6.45) is -0.494. The minimum Gasteiger partial charge on any atom is -0.445 e. The van der Waals surface area contributed by atoms with Crippen molar-refractivity contribution in [2.75, 3.05) is 52.8 Å². The molecule has 0 aromatic heterocycles. The molecule has 0 saturated heterocycles. The van der Waals surface area contributed by atoms with Crippen LogP contribution in [0.5, 0.6) is 0 Å². The normalized spacial score (nSPS) is 11.2. The number of alkyl carbamates (subject to hydrolysis) is 1. The van der Waals surface area contributed by atoms with Gasteiger partial charge in [0.15, 0.2) is 0 Å². The molecule has 1 amide bonds. The predicted molar refractivity (Wildman–Crippen MR) is 117 cm³/mol. The Morgan fingerprint density at radius 1 is 0.719 bits per heavy atom. The summed E-state index contributed by atoms with van der Waals surface area (Å²) >= 11 is 0. The summed E-state index contributed by atoms with van der Waals surface area (Å²) < 4.78 is 49.7. The Hall–Kier alpha value is -2.50. The highest BCUT2D eigenvalue weighted by Crippen LogP contribution is 2.10. The summed E-state index contributed by atoms with van der Waals surface area (Å²) in [5.74, 6) is 0. The van der Waals surface area contributed by atoms with Gasteiger partial charge in [0.1, 0.15) is 6.61 Å². The van der Waals surface area contributed by atoms with Gasteiger partial charge in [-0.15, -0.1) is 0 Å². The van der Waals surface area contributed by atoms with E-state index >= 15 is 0 Å². The Morgan fingerprint density at radius 2 is 1.25 bits per heavy atom. The molecule has 2 rings (SSSR count). The monoisotopic (exact) mass is 467 g/mol. The lowest BCUT2D eigenvalue weighted by atomic mass is 10.2. The summed E-state index contributed by atoms with van der Waals surface area (Å²) in [5.41, 5.74) is 0.921. The van der Waals surface area contributed by atoms with Crippen molar-refractivity contribution in [3.05, 3.63) is 66.2 Å². The minimum absolute atomic E-state index is 0.0683. The molecule has 0 radical (unpaired) electrons. The van der Waals surface area contributed by atoms with Crippen molar-refractivity contribution in [1.29, 1.82) is 0 Å². The average molecular weight is 468 g/mol. The van der Waals surface area contributed by atoms with Crippen LogP contribution >= 0.6 is 0 Å². The first-order chi connectivity index (χ1) is 15.6. The highest BCUT2D eigenvalue weighted by molar-refractivity contribution is 7.86. The second-order valence-corrected chi connectivity index (χ2v) is 8.03. The number of hydrogen-bond donors (Lipinski definition) is 1. The van der Waals surface area contributed by atoms with E-state index in [4.69, 9.17) is 23.1 Å². The summed E-state index contributed by atoms with van der Waals surface area (Å²) in [7, 11) is -3.76. The molecule has 0 aliphatic rings. The van der Waals surface area contributed by atoms with Crippen LogP contribution in [0.2, 0.25) is 0 Å². The van der Waals surface area contributed by atoms with E-state index in [1.165, 1.54) is 12.1 Å². The quantitative estimate of drug-likeness (QED) is 0.296. The zero-order valence-corrected chi connectivity index (χ0v) is 18.6. The molecule has 0 fully saturated rings. The fraction of sp³-hybridized carbons (Fsp3) is 0.409. The van der Waals surface area contributed by atoms with Gasteiger partial charge in [0.25, 0.3) is 10.1 Å². The summed E-state index contributed by atoms with van der Waals surface area (Å²) in [4.78, 5) is 11.7. The highest BCUT2D eigenvalue weighted by atomic mass is 32.2. The number of ether oxygens (including phenoxy) is 4. The van der Waals surface area contributed by atoms with Crippen molar-refractivity contribution in [2.45, 2.75) is 11.5 Å². The summed E-state index contributed by atoms with van der Waals surface area (Å²) in [6, 6.07) is 17.4. The van der Waals surface area contributed by atoms with Gasteiger partial charge in [-0.3, -0.25) is 4.18 Å². The standard InChI is InChI=1S/C22H29NO8S/c24-22(30-19-20-7-3-1-4-8-20)23-11-12-27-13-14-28-15-16-29-17-18-31-32(25,26)21-9-5-2-6-10-21/h1-10H,11-19H2,(H,23,24). The Kier molecular flexibility index (Phi) is 12.3. The Labute approximate surface area is 188 Å². The van der Waals surface area contributed by atoms with Gasteiger partial charge in [-0.2, -0.15) is 8.42 Å². The second kappa shape index (κ2) is 15.3. The largest absolute Gasteiger partial charge is 0.445 e. The smallest absolute Gasteiger partial charge is 0.407 e. The number of rotatable bonds is 16. The molecule has 2 aromatic carbocycles. The number of carbonyl (C=O) groups excluding carboxylic acids is 1. The first-order valence-corrected chi connectivity index (χ1v) is 11.6. The van der Waals surface area contributed by atoms with Crippen molar-refractivity contribution in [1.82, 2.24) is 5.32 Å². The van der Waals surface area contributed by atoms with Gasteiger partial charge in [0.05, 0.1) is 51.1 Å². The van der Waals surface area contributed by atoms with E-state index in [-0.39, 0.29) is 24.7 Å². The molecule has 0 spiro atoms. The number of benzene rings is 2. The maximum absolute atomic E-state index is 11.9. The third-order valence-electron chi connectivity index (χ3n) is 3.97. The van der Waals surface area contributed by atoms with Crippen LogP contribution < -0.4 is 5.32 Å². The van der Waals surface area contributed by atoms with E-state index in [2.05, 4.69) is 5.32 Å². The lowest BCUT2D eigenvalue weighted by molar-refractivity contribution is 0.0101. The Bertz CT molecular complexity index is 862. The summed E-state index contributed by atoms with van der Waals surface area (Å²) in [6.45, 7) is 2.37. The lowest BCUT2D eigenvalue weighted by Gasteiger charge is -2.09. The van der Waals surface area contributed by atoms with Crippen molar-refractivity contribution in [3.63, 3.8) is 0 Å². The molecule has 0 atom stereocenters. The predicted octanol–water partition coefficient (Wildman–Crippen LogP) is 2.37. The third kappa shape index (κ3) is 11.2. The molecule has 0 heterocycles. The van der Waals surface area contributed by atoms with E-state index in [1.807, 2.05) is 30.3 Å². The molecule has 9 nitrogen and oxygen atoms in total. The number of nitrogens with one attached hydrogen (secondary N) is 1. The molecule has 176 valence electrons. The SMILES string of the molecule is O=C(NCCOCCOCCOCCOS(=O)(=O)c1ccccc1)OCc1ccccc1. The van der Waals surface area contributed by atoms with Crippen LogP contribution in [0.1, 0.15) is 5.56 Å². The summed E-state index contributed by atoms with van der Waals surface area (Å²) in [5, 5.41) is 2.60. The van der Waals surface area contributed by atoms with E-state index in [9.17, 15) is 13.2 Å². The molecular formula is C22H29NO8S. The number of amides is 1. The fourth-order valence-electron chi connectivity index (χ4n) is 2.40. The van der Waals surface area contributed by atoms with Crippen molar-refractivity contribution >= 4 is 16.2 Å². The maximum atomic E-state index is 11.9. The third-order valence-corrected chi connectivity index (χ3v) is 5.30. The van der Waals surface area contributed by atoms with Crippen molar-refractivity contribution < 1.29 is 36.3 Å². The first-order valence-electron chi connectivity index (χ1n) is 10.2. The van der Waals surface area contributed by atoms with Gasteiger partial charge in [-0.1, -0.05) is 48.5 Å². The topological polar surface area (TPSA) is 109 Å². The molecule has 0 unspecified atom stereocenters. The van der Waals surface area contributed by atoms with E-state index in [0.29, 0.717) is 39.6 Å². The molecule has 0 saturated carbocycles. The van der Waals surface area contributed by atoms with Crippen LogP contribution in [0.15, 0.2) is 65.6 Å². The number of carbonyl (C=O) groups is 1. The molecule has 2 aromatic rings. The van der Waals surface area contributed by atoms with Crippen molar-refractivity contribution in [2.24, 2.45) is 0 Å². The average Bonchev–Trinajstić information content (AvgIpc) is 2.82. The molecule has 32 heavy (non-hydrogen) atoms. The Morgan fingerprint density at radius 3 is 1.88 bits per heavy atom. The molecule has 10 heteroatoms. The van der Waals surface area contributed by atoms with Crippen LogP contribution in [-0.2, 0) is 39.9 Å². The lowest BCUT2D eigenvalue weighted by Crippen LogP contribution is -2.28. The second-order valence-electron chi connectivity index (χ2n) is 6.41. The van der Waals surface area contributed by atoms with Gasteiger partial charge >= 0.3 is 6.09 Å². The maximum Gasteiger partial charge on any atom is 0.407 e.